The van der Waals surface area contributed by atoms with Gasteiger partial charge in [-0.1, -0.05) is 35.3 Å². The maximum atomic E-state index is 5.56. The van der Waals surface area contributed by atoms with E-state index >= 15 is 0 Å². The van der Waals surface area contributed by atoms with Crippen molar-refractivity contribution < 1.29 is 9.47 Å². The highest BCUT2D eigenvalue weighted by Gasteiger charge is 1.94. The van der Waals surface area contributed by atoms with Crippen molar-refractivity contribution in [2.75, 3.05) is 13.2 Å². The quantitative estimate of drug-likeness (QED) is 0.744. The van der Waals surface area contributed by atoms with E-state index < -0.39 is 0 Å². The number of ether oxygens (including phenoxy) is 2. The standard InChI is InChI=1S/C10H14O2.C6H4Cl2/c1-3-11-9-6-5-7-10(8-9)12-4-2;7-5-2-1-3-6(8)4-5/h5-8H,3-4H2,1-2H3;1-4H. The Hall–Kier alpha value is -1.38. The van der Waals surface area contributed by atoms with Crippen molar-refractivity contribution in [3.8, 4) is 11.5 Å². The van der Waals surface area contributed by atoms with Gasteiger partial charge >= 0.3 is 0 Å². The number of rotatable bonds is 4. The minimum atomic E-state index is 0.678. The summed E-state index contributed by atoms with van der Waals surface area (Å²) in [5.41, 5.74) is 0. The molecular formula is C16H18Cl2O2. The summed E-state index contributed by atoms with van der Waals surface area (Å²) in [7, 11) is 0. The summed E-state index contributed by atoms with van der Waals surface area (Å²) in [6.07, 6.45) is 0. The first-order valence-electron chi connectivity index (χ1n) is 6.42. The second kappa shape index (κ2) is 9.51. The maximum absolute atomic E-state index is 5.56. The van der Waals surface area contributed by atoms with Crippen LogP contribution in [-0.4, -0.2) is 13.2 Å². The van der Waals surface area contributed by atoms with E-state index in [-0.39, 0.29) is 0 Å². The van der Waals surface area contributed by atoms with Crippen LogP contribution in [0.3, 0.4) is 0 Å². The van der Waals surface area contributed by atoms with Crippen LogP contribution in [0.25, 0.3) is 0 Å². The van der Waals surface area contributed by atoms with Gasteiger partial charge in [0.25, 0.3) is 0 Å². The minimum absolute atomic E-state index is 0.678. The van der Waals surface area contributed by atoms with Gasteiger partial charge in [0.1, 0.15) is 11.5 Å². The molecule has 0 aliphatic carbocycles. The van der Waals surface area contributed by atoms with Gasteiger partial charge in [-0.25, -0.2) is 0 Å². The molecule has 2 aromatic carbocycles. The normalized spacial score (nSPS) is 9.40. The summed E-state index contributed by atoms with van der Waals surface area (Å²) in [4.78, 5) is 0. The van der Waals surface area contributed by atoms with Gasteiger partial charge in [-0.15, -0.1) is 0 Å². The van der Waals surface area contributed by atoms with Gasteiger partial charge in [0.05, 0.1) is 13.2 Å². The predicted octanol–water partition coefficient (Wildman–Crippen LogP) is 5.48. The van der Waals surface area contributed by atoms with Crippen LogP contribution in [0.1, 0.15) is 13.8 Å². The summed E-state index contributed by atoms with van der Waals surface area (Å²) in [6, 6.07) is 14.7. The molecule has 0 aromatic heterocycles. The topological polar surface area (TPSA) is 18.5 Å². The van der Waals surface area contributed by atoms with Crippen molar-refractivity contribution in [2.45, 2.75) is 13.8 Å². The van der Waals surface area contributed by atoms with Crippen LogP contribution in [0.15, 0.2) is 48.5 Å². The first-order valence-corrected chi connectivity index (χ1v) is 7.18. The van der Waals surface area contributed by atoms with Crippen molar-refractivity contribution in [1.29, 1.82) is 0 Å². The van der Waals surface area contributed by atoms with Gasteiger partial charge in [0.15, 0.2) is 0 Å². The molecule has 108 valence electrons. The molecule has 0 N–H and O–H groups in total. The van der Waals surface area contributed by atoms with E-state index in [9.17, 15) is 0 Å². The molecule has 0 saturated heterocycles. The van der Waals surface area contributed by atoms with Crippen molar-refractivity contribution in [2.24, 2.45) is 0 Å². The number of hydrogen-bond acceptors (Lipinski definition) is 2. The zero-order valence-corrected chi connectivity index (χ0v) is 13.1. The van der Waals surface area contributed by atoms with Crippen molar-refractivity contribution in [3.63, 3.8) is 0 Å². The van der Waals surface area contributed by atoms with Crippen LogP contribution in [0, 0.1) is 0 Å². The zero-order chi connectivity index (χ0) is 14.8. The Balaban J connectivity index is 0.000000217. The van der Waals surface area contributed by atoms with E-state index in [1.54, 1.807) is 18.2 Å². The van der Waals surface area contributed by atoms with Gasteiger partial charge in [-0.05, 0) is 44.2 Å². The molecule has 0 bridgehead atoms. The van der Waals surface area contributed by atoms with E-state index in [2.05, 4.69) is 0 Å². The fraction of sp³-hybridized carbons (Fsp3) is 0.250. The molecule has 0 fully saturated rings. The van der Waals surface area contributed by atoms with Crippen LogP contribution in [0.5, 0.6) is 11.5 Å². The lowest BCUT2D eigenvalue weighted by Gasteiger charge is -2.05. The van der Waals surface area contributed by atoms with Crippen LogP contribution < -0.4 is 9.47 Å². The summed E-state index contributed by atoms with van der Waals surface area (Å²) in [5, 5.41) is 1.36. The third-order valence-corrected chi connectivity index (χ3v) is 2.68. The third-order valence-electron chi connectivity index (χ3n) is 2.21. The maximum Gasteiger partial charge on any atom is 0.122 e. The molecule has 2 aromatic rings. The first kappa shape index (κ1) is 16.7. The van der Waals surface area contributed by atoms with Gasteiger partial charge in [0.2, 0.25) is 0 Å². The molecular weight excluding hydrogens is 295 g/mol. The van der Waals surface area contributed by atoms with Crippen LogP contribution >= 0.6 is 23.2 Å². The summed E-state index contributed by atoms with van der Waals surface area (Å²) >= 11 is 11.1. The minimum Gasteiger partial charge on any atom is -0.494 e. The second-order valence-corrected chi connectivity index (χ2v) is 4.65. The average molecular weight is 313 g/mol. The lowest BCUT2D eigenvalue weighted by Crippen LogP contribution is -1.94. The van der Waals surface area contributed by atoms with E-state index in [4.69, 9.17) is 32.7 Å². The average Bonchev–Trinajstić information content (AvgIpc) is 2.40. The Bertz CT molecular complexity index is 477. The van der Waals surface area contributed by atoms with Crippen molar-refractivity contribution in [3.05, 3.63) is 58.6 Å². The highest BCUT2D eigenvalue weighted by Crippen LogP contribution is 2.19. The third kappa shape index (κ3) is 6.69. The zero-order valence-electron chi connectivity index (χ0n) is 11.6. The first-order chi connectivity index (χ1) is 9.65. The second-order valence-electron chi connectivity index (χ2n) is 3.78. The Kier molecular flexibility index (Phi) is 7.93. The fourth-order valence-electron chi connectivity index (χ4n) is 1.45. The van der Waals surface area contributed by atoms with Crippen LogP contribution in [-0.2, 0) is 0 Å². The lowest BCUT2D eigenvalue weighted by atomic mass is 10.3. The van der Waals surface area contributed by atoms with E-state index in [1.807, 2.05) is 44.2 Å². The molecule has 20 heavy (non-hydrogen) atoms. The Morgan fingerprint density at radius 1 is 0.750 bits per heavy atom. The molecule has 0 saturated carbocycles. The van der Waals surface area contributed by atoms with Gasteiger partial charge in [0, 0.05) is 16.1 Å². The molecule has 0 spiro atoms. The van der Waals surface area contributed by atoms with Gasteiger partial charge in [-0.2, -0.15) is 0 Å². The Morgan fingerprint density at radius 3 is 1.55 bits per heavy atom. The molecule has 0 atom stereocenters. The van der Waals surface area contributed by atoms with E-state index in [1.165, 1.54) is 0 Å². The fourth-order valence-corrected chi connectivity index (χ4v) is 1.88. The van der Waals surface area contributed by atoms with E-state index in [0.717, 1.165) is 11.5 Å². The van der Waals surface area contributed by atoms with Crippen molar-refractivity contribution >= 4 is 23.2 Å². The molecule has 0 unspecified atom stereocenters. The molecule has 0 heterocycles. The SMILES string of the molecule is CCOc1cccc(OCC)c1.Clc1cccc(Cl)c1. The molecule has 0 radical (unpaired) electrons. The molecule has 0 aliphatic heterocycles. The van der Waals surface area contributed by atoms with Crippen molar-refractivity contribution in [1.82, 2.24) is 0 Å². The molecule has 0 amide bonds. The highest BCUT2D eigenvalue weighted by molar-refractivity contribution is 6.34. The summed E-state index contributed by atoms with van der Waals surface area (Å²) in [5.74, 6) is 1.73. The largest absolute Gasteiger partial charge is 0.494 e. The Labute approximate surface area is 130 Å². The molecule has 4 heteroatoms. The number of halogens is 2. The number of hydrogen-bond donors (Lipinski definition) is 0. The van der Waals surface area contributed by atoms with Crippen LogP contribution in [0.2, 0.25) is 10.0 Å². The monoisotopic (exact) mass is 312 g/mol. The van der Waals surface area contributed by atoms with Gasteiger partial charge in [-0.3, -0.25) is 0 Å². The van der Waals surface area contributed by atoms with Crippen LogP contribution in [0.4, 0.5) is 0 Å². The molecule has 2 rings (SSSR count). The molecule has 2 nitrogen and oxygen atoms in total. The smallest absolute Gasteiger partial charge is 0.122 e. The highest BCUT2D eigenvalue weighted by atomic mass is 35.5. The molecule has 0 aliphatic rings. The predicted molar refractivity (Wildman–Crippen MR) is 85.2 cm³/mol. The van der Waals surface area contributed by atoms with Gasteiger partial charge < -0.3 is 9.47 Å². The summed E-state index contributed by atoms with van der Waals surface area (Å²) < 4.78 is 10.6. The Morgan fingerprint density at radius 2 is 1.20 bits per heavy atom. The number of benzene rings is 2. The summed E-state index contributed by atoms with van der Waals surface area (Å²) in [6.45, 7) is 5.31. The lowest BCUT2D eigenvalue weighted by molar-refractivity contribution is 0.323. The van der Waals surface area contributed by atoms with E-state index in [0.29, 0.717) is 23.3 Å².